The van der Waals surface area contributed by atoms with Crippen molar-refractivity contribution < 1.29 is 14.4 Å². The van der Waals surface area contributed by atoms with E-state index in [1.807, 2.05) is 30.3 Å². The molecule has 1 N–H and O–H groups in total. The molecule has 0 fully saturated rings. The number of aromatic carboxylic acids is 1. The van der Waals surface area contributed by atoms with E-state index in [2.05, 4.69) is 15.5 Å². The Balaban J connectivity index is 1.94. The Morgan fingerprint density at radius 1 is 1.26 bits per heavy atom. The summed E-state index contributed by atoms with van der Waals surface area (Å²) in [6.45, 7) is 0. The first-order valence-electron chi connectivity index (χ1n) is 5.42. The monoisotopic (exact) mass is 256 g/mol. The van der Waals surface area contributed by atoms with Gasteiger partial charge in [0.25, 0.3) is 0 Å². The summed E-state index contributed by atoms with van der Waals surface area (Å²) in [4.78, 5) is 10.7. The van der Waals surface area contributed by atoms with E-state index in [1.54, 1.807) is 10.9 Å². The van der Waals surface area contributed by atoms with Crippen molar-refractivity contribution >= 4 is 5.97 Å². The smallest absolute Gasteiger partial charge is 0.358 e. The van der Waals surface area contributed by atoms with Crippen LogP contribution in [0.4, 0.5) is 0 Å². The largest absolute Gasteiger partial charge is 0.476 e. The number of rotatable bonds is 3. The van der Waals surface area contributed by atoms with Crippen LogP contribution in [-0.4, -0.2) is 31.2 Å². The molecule has 0 aliphatic rings. The number of benzene rings is 1. The Morgan fingerprint density at radius 3 is 2.74 bits per heavy atom. The van der Waals surface area contributed by atoms with Crippen molar-refractivity contribution in [2.75, 3.05) is 0 Å². The molecule has 0 saturated carbocycles. The van der Waals surface area contributed by atoms with Crippen LogP contribution in [0.25, 0.3) is 17.1 Å². The van der Waals surface area contributed by atoms with Gasteiger partial charge in [0.1, 0.15) is 0 Å². The molecule has 0 atom stereocenters. The molecule has 2 aromatic heterocycles. The predicted octanol–water partition coefficient (Wildman–Crippen LogP) is 1.62. The van der Waals surface area contributed by atoms with Gasteiger partial charge >= 0.3 is 5.97 Å². The lowest BCUT2D eigenvalue weighted by Crippen LogP contribution is -1.94. The van der Waals surface area contributed by atoms with Crippen molar-refractivity contribution in [1.82, 2.24) is 20.2 Å². The first kappa shape index (κ1) is 11.1. The molecule has 3 rings (SSSR count). The summed E-state index contributed by atoms with van der Waals surface area (Å²) in [5, 5.41) is 20.1. The van der Waals surface area contributed by atoms with Gasteiger partial charge < -0.3 is 9.63 Å². The van der Waals surface area contributed by atoms with Crippen LogP contribution in [0.5, 0.6) is 0 Å². The Hall–Kier alpha value is -2.96. The van der Waals surface area contributed by atoms with Crippen LogP contribution in [0.2, 0.25) is 0 Å². The highest BCUT2D eigenvalue weighted by molar-refractivity contribution is 5.86. The molecule has 1 aromatic carbocycles. The number of carboxylic acids is 1. The van der Waals surface area contributed by atoms with Crippen molar-refractivity contribution in [2.45, 2.75) is 0 Å². The molecular formula is C12H8N4O3. The second-order valence-corrected chi connectivity index (χ2v) is 3.77. The summed E-state index contributed by atoms with van der Waals surface area (Å²) in [5.41, 5.74) is 1.10. The summed E-state index contributed by atoms with van der Waals surface area (Å²) >= 11 is 0. The second-order valence-electron chi connectivity index (χ2n) is 3.77. The first-order valence-corrected chi connectivity index (χ1v) is 5.42. The second kappa shape index (κ2) is 4.37. The molecule has 0 aliphatic heterocycles. The fourth-order valence-electron chi connectivity index (χ4n) is 1.58. The normalized spacial score (nSPS) is 10.5. The standard InChI is InChI=1S/C12H8N4O3/c17-12(18)9-6-11(19-14-9)10-7-16(15-13-10)8-4-2-1-3-5-8/h1-7H,(H,17,18). The molecule has 7 nitrogen and oxygen atoms in total. The minimum atomic E-state index is -1.15. The fourth-order valence-corrected chi connectivity index (χ4v) is 1.58. The zero-order valence-electron chi connectivity index (χ0n) is 9.59. The van der Waals surface area contributed by atoms with Gasteiger partial charge in [-0.25, -0.2) is 9.48 Å². The van der Waals surface area contributed by atoms with E-state index >= 15 is 0 Å². The third-order valence-electron chi connectivity index (χ3n) is 2.50. The molecule has 0 spiro atoms. The van der Waals surface area contributed by atoms with E-state index < -0.39 is 5.97 Å². The van der Waals surface area contributed by atoms with E-state index in [-0.39, 0.29) is 11.5 Å². The minimum absolute atomic E-state index is 0.163. The zero-order valence-corrected chi connectivity index (χ0v) is 9.59. The molecule has 0 bridgehead atoms. The number of nitrogens with zero attached hydrogens (tertiary/aromatic N) is 4. The maximum Gasteiger partial charge on any atom is 0.358 e. The van der Waals surface area contributed by atoms with Gasteiger partial charge in [-0.2, -0.15) is 0 Å². The lowest BCUT2D eigenvalue weighted by atomic mass is 10.3. The van der Waals surface area contributed by atoms with Crippen LogP contribution in [-0.2, 0) is 0 Å². The molecule has 19 heavy (non-hydrogen) atoms. The molecule has 7 heteroatoms. The molecule has 0 radical (unpaired) electrons. The number of aromatic nitrogens is 4. The highest BCUT2D eigenvalue weighted by Crippen LogP contribution is 2.18. The van der Waals surface area contributed by atoms with Crippen molar-refractivity contribution in [3.8, 4) is 17.1 Å². The summed E-state index contributed by atoms with van der Waals surface area (Å²) in [6.07, 6.45) is 1.64. The van der Waals surface area contributed by atoms with Crippen molar-refractivity contribution in [1.29, 1.82) is 0 Å². The van der Waals surface area contributed by atoms with E-state index in [4.69, 9.17) is 9.63 Å². The van der Waals surface area contributed by atoms with E-state index in [1.165, 1.54) is 6.07 Å². The maximum atomic E-state index is 10.7. The number of para-hydroxylation sites is 1. The van der Waals surface area contributed by atoms with Gasteiger partial charge in [0.05, 0.1) is 11.9 Å². The summed E-state index contributed by atoms with van der Waals surface area (Å²) in [7, 11) is 0. The highest BCUT2D eigenvalue weighted by atomic mass is 16.5. The van der Waals surface area contributed by atoms with Crippen LogP contribution >= 0.6 is 0 Å². The Kier molecular flexibility index (Phi) is 2.57. The van der Waals surface area contributed by atoms with Gasteiger partial charge in [0, 0.05) is 6.07 Å². The van der Waals surface area contributed by atoms with Crippen LogP contribution in [0.1, 0.15) is 10.5 Å². The quantitative estimate of drug-likeness (QED) is 0.765. The Morgan fingerprint density at radius 2 is 2.05 bits per heavy atom. The average Bonchev–Trinajstić information content (AvgIpc) is 3.09. The Bertz CT molecular complexity index is 717. The topological polar surface area (TPSA) is 94.0 Å². The lowest BCUT2D eigenvalue weighted by molar-refractivity contribution is 0.0686. The SMILES string of the molecule is O=C(O)c1cc(-c2cn(-c3ccccc3)nn2)on1. The summed E-state index contributed by atoms with van der Waals surface area (Å²) in [5.74, 6) is -0.884. The molecule has 3 aromatic rings. The van der Waals surface area contributed by atoms with Gasteiger partial charge in [-0.3, -0.25) is 0 Å². The molecule has 94 valence electrons. The van der Waals surface area contributed by atoms with Crippen LogP contribution in [0, 0.1) is 0 Å². The van der Waals surface area contributed by atoms with Gasteiger partial charge in [-0.15, -0.1) is 5.10 Å². The van der Waals surface area contributed by atoms with Crippen LogP contribution in [0.3, 0.4) is 0 Å². The molecule has 0 saturated heterocycles. The van der Waals surface area contributed by atoms with E-state index in [0.717, 1.165) is 5.69 Å². The third kappa shape index (κ3) is 2.08. The minimum Gasteiger partial charge on any atom is -0.476 e. The van der Waals surface area contributed by atoms with Gasteiger partial charge in [-0.1, -0.05) is 28.6 Å². The lowest BCUT2D eigenvalue weighted by Gasteiger charge is -1.96. The highest BCUT2D eigenvalue weighted by Gasteiger charge is 2.14. The fraction of sp³-hybridized carbons (Fsp3) is 0. The molecular weight excluding hydrogens is 248 g/mol. The number of carboxylic acid groups (broad SMARTS) is 1. The molecule has 0 unspecified atom stereocenters. The maximum absolute atomic E-state index is 10.7. The molecule has 2 heterocycles. The van der Waals surface area contributed by atoms with Crippen molar-refractivity contribution in [3.63, 3.8) is 0 Å². The van der Waals surface area contributed by atoms with Crippen LogP contribution < -0.4 is 0 Å². The number of carbonyl (C=O) groups is 1. The van der Waals surface area contributed by atoms with E-state index in [0.29, 0.717) is 5.69 Å². The molecule has 0 amide bonds. The first-order chi connectivity index (χ1) is 9.24. The van der Waals surface area contributed by atoms with Crippen molar-refractivity contribution in [3.05, 3.63) is 48.3 Å². The van der Waals surface area contributed by atoms with Gasteiger partial charge in [-0.05, 0) is 12.1 Å². The number of hydrogen-bond acceptors (Lipinski definition) is 5. The summed E-state index contributed by atoms with van der Waals surface area (Å²) in [6, 6.07) is 10.7. The van der Waals surface area contributed by atoms with Gasteiger partial charge in [0.15, 0.2) is 17.1 Å². The third-order valence-corrected chi connectivity index (χ3v) is 2.50. The molecule has 0 aliphatic carbocycles. The zero-order chi connectivity index (χ0) is 13.2. The van der Waals surface area contributed by atoms with Crippen molar-refractivity contribution in [2.24, 2.45) is 0 Å². The average molecular weight is 256 g/mol. The van der Waals surface area contributed by atoms with Crippen LogP contribution in [0.15, 0.2) is 47.1 Å². The Labute approximate surface area is 107 Å². The summed E-state index contributed by atoms with van der Waals surface area (Å²) < 4.78 is 6.48. The van der Waals surface area contributed by atoms with Gasteiger partial charge in [0.2, 0.25) is 0 Å². The van der Waals surface area contributed by atoms with E-state index in [9.17, 15) is 4.79 Å². The predicted molar refractivity (Wildman–Crippen MR) is 63.8 cm³/mol. The number of hydrogen-bond donors (Lipinski definition) is 1.